The number of carbonyl (C=O) groups excluding carboxylic acids is 1. The molecule has 0 aromatic heterocycles. The Kier molecular flexibility index (Phi) is 13.3. The molecule has 12 heteroatoms. The summed E-state index contributed by atoms with van der Waals surface area (Å²) < 4.78 is 54.6. The summed E-state index contributed by atoms with van der Waals surface area (Å²) in [4.78, 5) is 28.6. The summed E-state index contributed by atoms with van der Waals surface area (Å²) in [5, 5.41) is 0. The normalized spacial score (nSPS) is 24.6. The summed E-state index contributed by atoms with van der Waals surface area (Å²) in [6.45, 7) is 10.4. The van der Waals surface area contributed by atoms with Gasteiger partial charge in [-0.05, 0) is 55.2 Å². The lowest BCUT2D eigenvalue weighted by Crippen LogP contribution is -3.11. The summed E-state index contributed by atoms with van der Waals surface area (Å²) in [5.74, 6) is -1.03. The summed E-state index contributed by atoms with van der Waals surface area (Å²) >= 11 is 0. The van der Waals surface area contributed by atoms with Crippen molar-refractivity contribution in [1.82, 2.24) is 0 Å². The van der Waals surface area contributed by atoms with Crippen LogP contribution in [0.3, 0.4) is 0 Å². The van der Waals surface area contributed by atoms with Gasteiger partial charge in [-0.1, -0.05) is 97.1 Å². The highest BCUT2D eigenvalue weighted by atomic mass is 31.2. The zero-order valence-electron chi connectivity index (χ0n) is 30.5. The van der Waals surface area contributed by atoms with E-state index in [-0.39, 0.29) is 24.7 Å². The van der Waals surface area contributed by atoms with Crippen LogP contribution in [0, 0.1) is 0 Å². The first-order valence-electron chi connectivity index (χ1n) is 18.2. The van der Waals surface area contributed by atoms with E-state index in [2.05, 4.69) is 20.8 Å². The minimum atomic E-state index is -5.05. The number of nitrogens with one attached hydrogen (secondary N) is 1. The molecule has 0 bridgehead atoms. The number of esters is 1. The molecular weight excluding hydrogens is 697 g/mol. The number of rotatable bonds is 12. The van der Waals surface area contributed by atoms with E-state index in [0.717, 1.165) is 27.8 Å². The van der Waals surface area contributed by atoms with Crippen LogP contribution in [0.1, 0.15) is 60.0 Å². The number of phosphoric acid groups is 1. The second-order valence-corrected chi connectivity index (χ2v) is 14.4. The van der Waals surface area contributed by atoms with Crippen molar-refractivity contribution in [1.29, 1.82) is 0 Å². The van der Waals surface area contributed by atoms with E-state index in [0.29, 0.717) is 0 Å². The Balaban J connectivity index is 0.000000626. The van der Waals surface area contributed by atoms with Crippen molar-refractivity contribution in [3.8, 4) is 11.1 Å². The Bertz CT molecular complexity index is 1770. The first-order valence-corrected chi connectivity index (χ1v) is 19.6. The number of carbonyl (C=O) groups is 1. The van der Waals surface area contributed by atoms with Crippen LogP contribution in [-0.2, 0) is 37.3 Å². The molecule has 0 radical (unpaired) electrons. The third-order valence-electron chi connectivity index (χ3n) is 9.95. The molecule has 2 fully saturated rings. The molecule has 7 atom stereocenters. The van der Waals surface area contributed by atoms with Gasteiger partial charge in [0.05, 0.1) is 38.4 Å². The first-order chi connectivity index (χ1) is 25.8. The van der Waals surface area contributed by atoms with E-state index < -0.39 is 50.8 Å². The topological polar surface area (TPSA) is 126 Å². The van der Waals surface area contributed by atoms with Gasteiger partial charge in [-0.2, -0.15) is 0 Å². The predicted octanol–water partition coefficient (Wildman–Crippen LogP) is 5.31. The Morgan fingerprint density at radius 2 is 1.36 bits per heavy atom. The molecule has 282 valence electrons. The molecule has 2 unspecified atom stereocenters. The second kappa shape index (κ2) is 18.1. The molecule has 2 saturated heterocycles. The highest BCUT2D eigenvalue weighted by molar-refractivity contribution is 7.45. The summed E-state index contributed by atoms with van der Waals surface area (Å²) in [6.07, 6.45) is -6.52. The van der Waals surface area contributed by atoms with E-state index in [1.165, 1.54) is 26.7 Å². The van der Waals surface area contributed by atoms with Gasteiger partial charge in [0, 0.05) is 18.6 Å². The number of quaternary nitrogens is 1. The van der Waals surface area contributed by atoms with Gasteiger partial charge in [0.15, 0.2) is 24.8 Å². The zero-order chi connectivity index (χ0) is 37.4. The number of benzene rings is 4. The molecule has 1 aliphatic carbocycles. The fourth-order valence-corrected chi connectivity index (χ4v) is 7.97. The zero-order valence-corrected chi connectivity index (χ0v) is 31.4. The van der Waals surface area contributed by atoms with Crippen LogP contribution in [0.4, 0.5) is 0 Å². The van der Waals surface area contributed by atoms with Gasteiger partial charge in [-0.25, -0.2) is 4.79 Å². The van der Waals surface area contributed by atoms with Gasteiger partial charge in [0.2, 0.25) is 0 Å². The van der Waals surface area contributed by atoms with E-state index >= 15 is 0 Å². The van der Waals surface area contributed by atoms with Crippen LogP contribution in [0.15, 0.2) is 109 Å². The molecular formula is C41H48NO10P. The Labute approximate surface area is 311 Å². The van der Waals surface area contributed by atoms with Crippen LogP contribution in [0.2, 0.25) is 0 Å². The quantitative estimate of drug-likeness (QED) is 0.151. The van der Waals surface area contributed by atoms with Crippen LogP contribution >= 0.6 is 7.82 Å². The third-order valence-corrected chi connectivity index (χ3v) is 10.9. The SMILES string of the molecule is CC[NH+](CC)CC.CO[C@@H]1O[C@@H]2COC(c3ccccc3)O[C@@H]2[C@H](OC(=O)c2ccccc2)[C@H]1OP(=O)([O-])OCC1c2ccccc2-c2ccccc21. The van der Waals surface area contributed by atoms with Gasteiger partial charge in [-0.15, -0.1) is 0 Å². The minimum absolute atomic E-state index is 0.0717. The van der Waals surface area contributed by atoms with Gasteiger partial charge in [-0.3, -0.25) is 4.57 Å². The summed E-state index contributed by atoms with van der Waals surface area (Å²) in [6, 6.07) is 33.2. The van der Waals surface area contributed by atoms with Crippen LogP contribution in [-0.4, -0.2) is 76.6 Å². The van der Waals surface area contributed by atoms with Crippen molar-refractivity contribution in [3.63, 3.8) is 0 Å². The molecule has 11 nitrogen and oxygen atoms in total. The average Bonchev–Trinajstić information content (AvgIpc) is 3.52. The first kappa shape index (κ1) is 39.0. The van der Waals surface area contributed by atoms with Crippen LogP contribution < -0.4 is 9.79 Å². The smallest absolute Gasteiger partial charge is 0.338 e. The van der Waals surface area contributed by atoms with Crippen molar-refractivity contribution in [2.75, 3.05) is 40.0 Å². The van der Waals surface area contributed by atoms with Gasteiger partial charge in [0.1, 0.15) is 12.2 Å². The van der Waals surface area contributed by atoms with Gasteiger partial charge >= 0.3 is 5.97 Å². The second-order valence-electron chi connectivity index (χ2n) is 13.0. The van der Waals surface area contributed by atoms with Crippen molar-refractivity contribution in [3.05, 3.63) is 131 Å². The highest BCUT2D eigenvalue weighted by Crippen LogP contribution is 2.50. The molecule has 0 amide bonds. The molecule has 2 aliphatic heterocycles. The van der Waals surface area contributed by atoms with Gasteiger partial charge in [0.25, 0.3) is 7.82 Å². The Morgan fingerprint density at radius 3 is 1.92 bits per heavy atom. The van der Waals surface area contributed by atoms with E-state index in [4.69, 9.17) is 32.7 Å². The highest BCUT2D eigenvalue weighted by Gasteiger charge is 2.54. The molecule has 4 aromatic rings. The van der Waals surface area contributed by atoms with E-state index in [9.17, 15) is 14.3 Å². The lowest BCUT2D eigenvalue weighted by atomic mass is 9.97. The maximum Gasteiger partial charge on any atom is 0.338 e. The summed E-state index contributed by atoms with van der Waals surface area (Å²) in [7, 11) is -3.70. The molecule has 1 N–H and O–H groups in total. The monoisotopic (exact) mass is 745 g/mol. The third kappa shape index (κ3) is 9.15. The fourth-order valence-electron chi connectivity index (χ4n) is 7.06. The average molecular weight is 746 g/mol. The Morgan fingerprint density at radius 1 is 0.792 bits per heavy atom. The molecule has 7 rings (SSSR count). The largest absolute Gasteiger partial charge is 0.756 e. The summed E-state index contributed by atoms with van der Waals surface area (Å²) in [5.41, 5.74) is 4.97. The molecule has 0 saturated carbocycles. The van der Waals surface area contributed by atoms with E-state index in [1.807, 2.05) is 78.9 Å². The Hall–Kier alpha value is -3.74. The number of hydrogen-bond acceptors (Lipinski definition) is 10. The number of fused-ring (bicyclic) bond motifs is 4. The van der Waals surface area contributed by atoms with Crippen LogP contribution in [0.5, 0.6) is 0 Å². The standard InChI is InChI=1S/C35H33O10P.C6H15N/c1-39-35-32(45-46(37,38)41-20-28-26-18-10-8-16-24(26)25-17-9-11-19-27(25)28)31(43-33(36)22-12-4-2-5-13-22)30-29(42-35)21-40-34(44-30)23-14-6-3-7-15-23;1-4-7(5-2)6-3/h2-19,28-32,34-35H,20-21H2,1H3,(H,37,38);4-6H2,1-3H3/t29-,30+,31+,32-,34?,35-;/m1./s1. The van der Waals surface area contributed by atoms with Crippen molar-refractivity contribution < 1.29 is 51.9 Å². The maximum absolute atomic E-state index is 13.6. The lowest BCUT2D eigenvalue weighted by Gasteiger charge is -2.49. The molecule has 3 aliphatic rings. The van der Waals surface area contributed by atoms with Gasteiger partial charge < -0.3 is 42.5 Å². The van der Waals surface area contributed by atoms with E-state index in [1.54, 1.807) is 35.2 Å². The van der Waals surface area contributed by atoms with Crippen molar-refractivity contribution in [2.45, 2.75) is 63.7 Å². The minimum Gasteiger partial charge on any atom is -0.756 e. The molecule has 4 aromatic carbocycles. The van der Waals surface area contributed by atoms with Crippen molar-refractivity contribution >= 4 is 13.8 Å². The molecule has 0 spiro atoms. The predicted molar refractivity (Wildman–Crippen MR) is 196 cm³/mol. The lowest BCUT2D eigenvalue weighted by molar-refractivity contribution is -0.894. The fraction of sp³-hybridized carbons (Fsp3) is 0.390. The molecule has 2 heterocycles. The number of hydrogen-bond donors (Lipinski definition) is 1. The van der Waals surface area contributed by atoms with Crippen LogP contribution in [0.25, 0.3) is 11.1 Å². The molecule has 53 heavy (non-hydrogen) atoms. The number of methoxy groups -OCH3 is 1. The maximum atomic E-state index is 13.6. The number of ether oxygens (including phenoxy) is 5. The number of phosphoric ester groups is 1. The van der Waals surface area contributed by atoms with Crippen molar-refractivity contribution in [2.24, 2.45) is 0 Å².